The molecule has 23 heavy (non-hydrogen) atoms. The molecule has 3 aliphatic rings. The molecule has 3 saturated carbocycles. The summed E-state index contributed by atoms with van der Waals surface area (Å²) in [5.74, 6) is 0.194. The Hall–Kier alpha value is -1.09. The number of aromatic nitrogens is 3. The summed E-state index contributed by atoms with van der Waals surface area (Å²) < 4.78 is 2.72. The second-order valence-corrected chi connectivity index (χ2v) is 8.01. The lowest BCUT2D eigenvalue weighted by Crippen LogP contribution is -2.51. The molecule has 8 heteroatoms. The molecule has 0 aliphatic heterocycles. The average Bonchev–Trinajstić information content (AvgIpc) is 2.88. The number of halogens is 2. The summed E-state index contributed by atoms with van der Waals surface area (Å²) in [4.78, 5) is 16.1. The van der Waals surface area contributed by atoms with Crippen molar-refractivity contribution in [2.45, 2.75) is 31.7 Å². The van der Waals surface area contributed by atoms with Crippen molar-refractivity contribution in [2.75, 3.05) is 5.32 Å². The zero-order valence-electron chi connectivity index (χ0n) is 12.2. The highest BCUT2D eigenvalue weighted by Crippen LogP contribution is 2.46. The number of anilines is 1. The van der Waals surface area contributed by atoms with Crippen LogP contribution in [0.4, 0.5) is 5.82 Å². The maximum atomic E-state index is 11.8. The molecule has 2 atom stereocenters. The minimum Gasteiger partial charge on any atom is -0.481 e. The van der Waals surface area contributed by atoms with E-state index in [1.807, 2.05) is 12.3 Å². The van der Waals surface area contributed by atoms with Gasteiger partial charge in [0.05, 0.1) is 5.92 Å². The number of nitrogens with one attached hydrogen (secondary N) is 1. The van der Waals surface area contributed by atoms with Gasteiger partial charge < -0.3 is 10.4 Å². The van der Waals surface area contributed by atoms with Gasteiger partial charge >= 0.3 is 5.97 Å². The number of nitrogens with zero attached hydrogens (tertiary/aromatic N) is 3. The molecule has 0 saturated heterocycles. The van der Waals surface area contributed by atoms with Gasteiger partial charge in [-0.2, -0.15) is 4.98 Å². The van der Waals surface area contributed by atoms with Gasteiger partial charge in [0.15, 0.2) is 5.82 Å². The van der Waals surface area contributed by atoms with Gasteiger partial charge in [-0.25, -0.2) is 4.52 Å². The zero-order valence-corrected chi connectivity index (χ0v) is 15.2. The molecular formula is C15H16ClIN4O2. The van der Waals surface area contributed by atoms with E-state index in [-0.39, 0.29) is 23.2 Å². The highest BCUT2D eigenvalue weighted by atomic mass is 127. The molecule has 3 aliphatic carbocycles. The first-order chi connectivity index (χ1) is 11.0. The van der Waals surface area contributed by atoms with E-state index in [1.54, 1.807) is 4.52 Å². The largest absolute Gasteiger partial charge is 0.481 e. The highest BCUT2D eigenvalue weighted by molar-refractivity contribution is 14.1. The minimum absolute atomic E-state index is 0.0951. The Bertz CT molecular complexity index is 772. The molecule has 3 fully saturated rings. The van der Waals surface area contributed by atoms with Crippen molar-refractivity contribution in [1.82, 2.24) is 14.6 Å². The number of hydrogen-bond donors (Lipinski definition) is 2. The van der Waals surface area contributed by atoms with E-state index in [0.29, 0.717) is 11.7 Å². The molecule has 0 unspecified atom stereocenters. The second kappa shape index (κ2) is 5.77. The van der Waals surface area contributed by atoms with Crippen LogP contribution in [0.1, 0.15) is 25.7 Å². The van der Waals surface area contributed by atoms with Crippen LogP contribution in [0.15, 0.2) is 12.3 Å². The van der Waals surface area contributed by atoms with Crippen LogP contribution in [-0.2, 0) is 4.79 Å². The van der Waals surface area contributed by atoms with Gasteiger partial charge in [-0.1, -0.05) is 0 Å². The van der Waals surface area contributed by atoms with Gasteiger partial charge in [-0.3, -0.25) is 4.79 Å². The van der Waals surface area contributed by atoms with Crippen LogP contribution in [0, 0.1) is 21.3 Å². The smallest absolute Gasteiger partial charge is 0.308 e. The van der Waals surface area contributed by atoms with Gasteiger partial charge in [-0.05, 0) is 77.8 Å². The van der Waals surface area contributed by atoms with Crippen LogP contribution >= 0.6 is 34.2 Å². The molecule has 2 N–H and O–H groups in total. The van der Waals surface area contributed by atoms with Gasteiger partial charge in [-0.15, -0.1) is 5.10 Å². The van der Waals surface area contributed by atoms with E-state index >= 15 is 0 Å². The molecule has 0 aromatic carbocycles. The number of carboxylic acids is 1. The zero-order chi connectivity index (χ0) is 16.1. The third-order valence-corrected chi connectivity index (χ3v) is 5.96. The lowest BCUT2D eigenvalue weighted by molar-refractivity contribution is -0.148. The highest BCUT2D eigenvalue weighted by Gasteiger charge is 2.47. The number of rotatable bonds is 3. The van der Waals surface area contributed by atoms with Gasteiger partial charge in [0.1, 0.15) is 5.52 Å². The molecule has 0 amide bonds. The van der Waals surface area contributed by atoms with Gasteiger partial charge in [0.25, 0.3) is 0 Å². The van der Waals surface area contributed by atoms with Crippen molar-refractivity contribution in [3.63, 3.8) is 0 Å². The van der Waals surface area contributed by atoms with Crippen LogP contribution in [0.3, 0.4) is 0 Å². The standard InChI is InChI=1S/C15H16ClIN4O2/c16-15-19-13(10-5-9(17)6-21(10)20-15)18-12-8-3-1-7(2-4-8)11(12)14(22)23/h5-8,11-12H,1-4H2,(H,22,23)(H,18,19,20)/t7?,8?,11-,12-/m0/s1. The lowest BCUT2D eigenvalue weighted by Gasteiger charge is -2.47. The average molecular weight is 447 g/mol. The number of fused-ring (bicyclic) bond motifs is 4. The molecule has 5 rings (SSSR count). The van der Waals surface area contributed by atoms with Crippen LogP contribution in [-0.4, -0.2) is 31.7 Å². The summed E-state index contributed by atoms with van der Waals surface area (Å²) in [5, 5.41) is 17.4. The Balaban J connectivity index is 1.73. The van der Waals surface area contributed by atoms with E-state index in [9.17, 15) is 9.90 Å². The van der Waals surface area contributed by atoms with Gasteiger partial charge in [0.2, 0.25) is 5.28 Å². The fraction of sp³-hybridized carbons (Fsp3) is 0.533. The fourth-order valence-corrected chi connectivity index (χ4v) is 4.94. The molecule has 0 radical (unpaired) electrons. The first kappa shape index (κ1) is 15.4. The summed E-state index contributed by atoms with van der Waals surface area (Å²) in [7, 11) is 0. The topological polar surface area (TPSA) is 79.5 Å². The lowest BCUT2D eigenvalue weighted by atomic mass is 9.61. The Morgan fingerprint density at radius 3 is 2.74 bits per heavy atom. The van der Waals surface area contributed by atoms with Crippen LogP contribution in [0.2, 0.25) is 5.28 Å². The number of hydrogen-bond acceptors (Lipinski definition) is 4. The molecule has 2 aromatic rings. The summed E-state index contributed by atoms with van der Waals surface area (Å²) in [5.41, 5.74) is 0.824. The predicted molar refractivity (Wildman–Crippen MR) is 94.7 cm³/mol. The second-order valence-electron chi connectivity index (χ2n) is 6.43. The summed E-state index contributed by atoms with van der Waals surface area (Å²) in [6.07, 6.45) is 6.07. The van der Waals surface area contributed by atoms with Crippen LogP contribution in [0.25, 0.3) is 5.52 Å². The Kier molecular flexibility index (Phi) is 3.87. The molecular weight excluding hydrogens is 431 g/mol. The van der Waals surface area contributed by atoms with Crippen molar-refractivity contribution in [3.8, 4) is 0 Å². The normalized spacial score (nSPS) is 29.8. The maximum absolute atomic E-state index is 11.8. The summed E-state index contributed by atoms with van der Waals surface area (Å²) >= 11 is 8.24. The number of carboxylic acid groups (broad SMARTS) is 1. The molecule has 6 nitrogen and oxygen atoms in total. The minimum atomic E-state index is -0.710. The van der Waals surface area contributed by atoms with E-state index in [1.165, 1.54) is 0 Å². The number of aliphatic carboxylic acids is 1. The van der Waals surface area contributed by atoms with Crippen molar-refractivity contribution >= 4 is 51.5 Å². The van der Waals surface area contributed by atoms with E-state index in [4.69, 9.17) is 11.6 Å². The monoisotopic (exact) mass is 446 g/mol. The van der Waals surface area contributed by atoms with E-state index in [0.717, 1.165) is 34.8 Å². The first-order valence-electron chi connectivity index (χ1n) is 7.73. The fourth-order valence-electron chi connectivity index (χ4n) is 4.22. The van der Waals surface area contributed by atoms with Crippen molar-refractivity contribution in [1.29, 1.82) is 0 Å². The quantitative estimate of drug-likeness (QED) is 0.708. The summed E-state index contributed by atoms with van der Waals surface area (Å²) in [6, 6.07) is 1.87. The van der Waals surface area contributed by atoms with E-state index < -0.39 is 5.97 Å². The SMILES string of the molecule is O=C(O)[C@H]1C2CCC(CC2)[C@@H]1Nc1nc(Cl)nn2cc(I)cc12. The van der Waals surface area contributed by atoms with E-state index in [2.05, 4.69) is 38.0 Å². The maximum Gasteiger partial charge on any atom is 0.308 e. The van der Waals surface area contributed by atoms with Gasteiger partial charge in [0, 0.05) is 15.8 Å². The molecule has 0 spiro atoms. The van der Waals surface area contributed by atoms with Crippen molar-refractivity contribution < 1.29 is 9.90 Å². The molecule has 2 bridgehead atoms. The summed E-state index contributed by atoms with van der Waals surface area (Å²) in [6.45, 7) is 0. The Morgan fingerprint density at radius 1 is 1.35 bits per heavy atom. The first-order valence-corrected chi connectivity index (χ1v) is 9.19. The molecule has 2 aromatic heterocycles. The van der Waals surface area contributed by atoms with Crippen molar-refractivity contribution in [2.24, 2.45) is 17.8 Å². The third kappa shape index (κ3) is 2.67. The molecule has 2 heterocycles. The Labute approximate surface area is 151 Å². The third-order valence-electron chi connectivity index (χ3n) is 5.21. The predicted octanol–water partition coefficient (Wildman–Crippen LogP) is 3.29. The van der Waals surface area contributed by atoms with Crippen LogP contribution in [0.5, 0.6) is 0 Å². The Morgan fingerprint density at radius 2 is 2.04 bits per heavy atom. The molecule has 122 valence electrons. The van der Waals surface area contributed by atoms with Crippen molar-refractivity contribution in [3.05, 3.63) is 21.1 Å². The van der Waals surface area contributed by atoms with Crippen LogP contribution < -0.4 is 5.32 Å². The number of carbonyl (C=O) groups is 1.